The Morgan fingerprint density at radius 2 is 2.55 bits per heavy atom. The Kier molecular flexibility index (Phi) is 2.89. The Morgan fingerprint density at radius 1 is 1.73 bits per heavy atom. The molecule has 1 heterocycles. The Morgan fingerprint density at radius 3 is 3.09 bits per heavy atom. The van der Waals surface area contributed by atoms with Crippen LogP contribution >= 0.6 is 0 Å². The topological polar surface area (TPSA) is 61.7 Å². The second-order valence-electron chi connectivity index (χ2n) is 2.50. The average Bonchev–Trinajstić information content (AvgIpc) is 2.03. The van der Waals surface area contributed by atoms with E-state index in [4.69, 9.17) is 5.11 Å². The van der Waals surface area contributed by atoms with Crippen molar-refractivity contribution in [2.75, 3.05) is 13.1 Å². The number of carbonyl (C=O) groups is 1. The molecule has 62 valence electrons. The Labute approximate surface area is 65.3 Å². The average molecular weight is 156 g/mol. The summed E-state index contributed by atoms with van der Waals surface area (Å²) in [5, 5.41) is 11.4. The molecule has 0 fully saturated rings. The van der Waals surface area contributed by atoms with Crippen LogP contribution in [0.15, 0.2) is 4.99 Å². The van der Waals surface area contributed by atoms with Gasteiger partial charge >= 0.3 is 5.97 Å². The van der Waals surface area contributed by atoms with E-state index in [-0.39, 0.29) is 6.42 Å². The third kappa shape index (κ3) is 3.02. The first-order valence-corrected chi connectivity index (χ1v) is 3.78. The van der Waals surface area contributed by atoms with Crippen molar-refractivity contribution in [1.29, 1.82) is 0 Å². The third-order valence-electron chi connectivity index (χ3n) is 1.54. The first kappa shape index (κ1) is 8.04. The zero-order chi connectivity index (χ0) is 8.10. The van der Waals surface area contributed by atoms with Crippen molar-refractivity contribution in [2.45, 2.75) is 19.3 Å². The fraction of sp³-hybridized carbons (Fsp3) is 0.714. The molecule has 0 saturated heterocycles. The molecule has 0 amide bonds. The molecule has 4 heteroatoms. The maximum absolute atomic E-state index is 10.2. The van der Waals surface area contributed by atoms with Crippen LogP contribution in [-0.4, -0.2) is 30.0 Å². The van der Waals surface area contributed by atoms with Gasteiger partial charge in [0.05, 0.1) is 12.3 Å². The molecular formula is C7H12N2O2. The molecule has 0 saturated carbocycles. The summed E-state index contributed by atoms with van der Waals surface area (Å²) in [6.07, 6.45) is 1.76. The number of hydrogen-bond donors (Lipinski definition) is 2. The lowest BCUT2D eigenvalue weighted by atomic mass is 10.2. The van der Waals surface area contributed by atoms with Crippen molar-refractivity contribution in [3.05, 3.63) is 0 Å². The van der Waals surface area contributed by atoms with Gasteiger partial charge in [-0.1, -0.05) is 0 Å². The number of hydrogen-bond acceptors (Lipinski definition) is 3. The number of carboxylic acids is 1. The summed E-state index contributed by atoms with van der Waals surface area (Å²) < 4.78 is 0. The molecule has 0 spiro atoms. The second-order valence-corrected chi connectivity index (χ2v) is 2.50. The monoisotopic (exact) mass is 156 g/mol. The van der Waals surface area contributed by atoms with Crippen LogP contribution < -0.4 is 5.32 Å². The van der Waals surface area contributed by atoms with E-state index in [1.54, 1.807) is 0 Å². The molecule has 0 atom stereocenters. The number of nitrogens with one attached hydrogen (secondary N) is 1. The number of rotatable bonds is 3. The van der Waals surface area contributed by atoms with Gasteiger partial charge in [-0.3, -0.25) is 9.79 Å². The van der Waals surface area contributed by atoms with Gasteiger partial charge in [0.1, 0.15) is 0 Å². The molecule has 0 aromatic heterocycles. The predicted molar refractivity (Wildman–Crippen MR) is 41.8 cm³/mol. The number of aliphatic carboxylic acids is 1. The highest BCUT2D eigenvalue weighted by atomic mass is 16.4. The van der Waals surface area contributed by atoms with Gasteiger partial charge in [0.25, 0.3) is 0 Å². The summed E-state index contributed by atoms with van der Waals surface area (Å²) in [7, 11) is 0. The van der Waals surface area contributed by atoms with Crippen molar-refractivity contribution < 1.29 is 9.90 Å². The predicted octanol–water partition coefficient (Wildman–Crippen LogP) is 0.243. The molecule has 11 heavy (non-hydrogen) atoms. The van der Waals surface area contributed by atoms with E-state index in [2.05, 4.69) is 10.3 Å². The SMILES string of the molecule is O=C(O)CCC1=NCCCN1. The van der Waals surface area contributed by atoms with Gasteiger partial charge in [0, 0.05) is 19.5 Å². The number of aliphatic imine (C=N–C) groups is 1. The quantitative estimate of drug-likeness (QED) is 0.615. The van der Waals surface area contributed by atoms with Crippen molar-refractivity contribution in [2.24, 2.45) is 4.99 Å². The largest absolute Gasteiger partial charge is 0.481 e. The summed E-state index contributed by atoms with van der Waals surface area (Å²) in [6.45, 7) is 1.76. The molecule has 0 unspecified atom stereocenters. The maximum Gasteiger partial charge on any atom is 0.303 e. The maximum atomic E-state index is 10.2. The minimum absolute atomic E-state index is 0.172. The van der Waals surface area contributed by atoms with E-state index < -0.39 is 5.97 Å². The fourth-order valence-electron chi connectivity index (χ4n) is 0.974. The molecule has 0 aromatic rings. The van der Waals surface area contributed by atoms with E-state index in [0.29, 0.717) is 6.42 Å². The first-order valence-electron chi connectivity index (χ1n) is 3.78. The lowest BCUT2D eigenvalue weighted by molar-refractivity contribution is -0.136. The van der Waals surface area contributed by atoms with Crippen molar-refractivity contribution in [3.8, 4) is 0 Å². The van der Waals surface area contributed by atoms with E-state index in [1.807, 2.05) is 0 Å². The molecular weight excluding hydrogens is 144 g/mol. The number of nitrogens with zero attached hydrogens (tertiary/aromatic N) is 1. The van der Waals surface area contributed by atoms with Crippen molar-refractivity contribution in [1.82, 2.24) is 5.32 Å². The third-order valence-corrected chi connectivity index (χ3v) is 1.54. The second kappa shape index (κ2) is 3.95. The summed E-state index contributed by atoms with van der Waals surface area (Å²) in [5.74, 6) is 0.0822. The zero-order valence-corrected chi connectivity index (χ0v) is 6.34. The van der Waals surface area contributed by atoms with E-state index in [9.17, 15) is 4.79 Å². The normalized spacial score (nSPS) is 16.9. The van der Waals surface area contributed by atoms with Gasteiger partial charge in [-0.2, -0.15) is 0 Å². The summed E-state index contributed by atoms with van der Waals surface area (Å²) in [6, 6.07) is 0. The van der Waals surface area contributed by atoms with Crippen molar-refractivity contribution in [3.63, 3.8) is 0 Å². The Hall–Kier alpha value is -1.06. The van der Waals surface area contributed by atoms with Gasteiger partial charge < -0.3 is 10.4 Å². The van der Waals surface area contributed by atoms with Crippen molar-refractivity contribution >= 4 is 11.8 Å². The van der Waals surface area contributed by atoms with E-state index in [0.717, 1.165) is 25.3 Å². The van der Waals surface area contributed by atoms with E-state index >= 15 is 0 Å². The minimum Gasteiger partial charge on any atom is -0.481 e. The summed E-state index contributed by atoms with van der Waals surface area (Å²) in [5.41, 5.74) is 0. The van der Waals surface area contributed by atoms with Crippen LogP contribution in [0.2, 0.25) is 0 Å². The number of carboxylic acid groups (broad SMARTS) is 1. The minimum atomic E-state index is -0.764. The fourth-order valence-corrected chi connectivity index (χ4v) is 0.974. The molecule has 1 aliphatic heterocycles. The van der Waals surface area contributed by atoms with Gasteiger partial charge in [0.15, 0.2) is 0 Å². The number of amidine groups is 1. The van der Waals surface area contributed by atoms with E-state index in [1.165, 1.54) is 0 Å². The van der Waals surface area contributed by atoms with Gasteiger partial charge in [-0.05, 0) is 6.42 Å². The Bertz CT molecular complexity index is 177. The van der Waals surface area contributed by atoms with Crippen LogP contribution in [0, 0.1) is 0 Å². The van der Waals surface area contributed by atoms with Crippen LogP contribution in [0.3, 0.4) is 0 Å². The standard InChI is InChI=1S/C7H12N2O2/c10-7(11)3-2-6-8-4-1-5-9-6/h1-5H2,(H,8,9)(H,10,11). The van der Waals surface area contributed by atoms with Gasteiger partial charge in [0.2, 0.25) is 0 Å². The lowest BCUT2D eigenvalue weighted by Crippen LogP contribution is -2.29. The molecule has 0 bridgehead atoms. The highest BCUT2D eigenvalue weighted by Gasteiger charge is 2.05. The smallest absolute Gasteiger partial charge is 0.303 e. The molecule has 1 aliphatic rings. The lowest BCUT2D eigenvalue weighted by Gasteiger charge is -2.12. The molecule has 1 rings (SSSR count). The molecule has 0 aliphatic carbocycles. The van der Waals surface area contributed by atoms with Gasteiger partial charge in [-0.25, -0.2) is 0 Å². The zero-order valence-electron chi connectivity index (χ0n) is 6.34. The molecule has 0 radical (unpaired) electrons. The highest BCUT2D eigenvalue weighted by Crippen LogP contribution is 1.96. The van der Waals surface area contributed by atoms with Crippen LogP contribution in [-0.2, 0) is 4.79 Å². The van der Waals surface area contributed by atoms with Crippen LogP contribution in [0.25, 0.3) is 0 Å². The highest BCUT2D eigenvalue weighted by molar-refractivity contribution is 5.85. The Balaban J connectivity index is 2.24. The molecule has 2 N–H and O–H groups in total. The summed E-state index contributed by atoms with van der Waals surface area (Å²) >= 11 is 0. The first-order chi connectivity index (χ1) is 5.29. The molecule has 4 nitrogen and oxygen atoms in total. The summed E-state index contributed by atoms with van der Waals surface area (Å²) in [4.78, 5) is 14.3. The van der Waals surface area contributed by atoms with Crippen LogP contribution in [0.5, 0.6) is 0 Å². The van der Waals surface area contributed by atoms with Crippen LogP contribution in [0.1, 0.15) is 19.3 Å². The van der Waals surface area contributed by atoms with Gasteiger partial charge in [-0.15, -0.1) is 0 Å². The van der Waals surface area contributed by atoms with Crippen LogP contribution in [0.4, 0.5) is 0 Å². The molecule has 0 aromatic carbocycles.